The van der Waals surface area contributed by atoms with E-state index in [9.17, 15) is 28.3 Å². The van der Waals surface area contributed by atoms with Gasteiger partial charge in [-0.25, -0.2) is 8.78 Å². The van der Waals surface area contributed by atoms with Gasteiger partial charge in [-0.15, -0.1) is 0 Å². The molecule has 2 aliphatic heterocycles. The number of nitrogens with one attached hydrogen (secondary N) is 1. The molecular weight excluding hydrogens is 424 g/mol. The molecule has 2 aliphatic rings. The predicted octanol–water partition coefficient (Wildman–Crippen LogP) is 1.99. The van der Waals surface area contributed by atoms with E-state index in [1.54, 1.807) is 4.90 Å². The topological polar surface area (TPSA) is 101 Å². The predicted molar refractivity (Wildman–Crippen MR) is 109 cm³/mol. The van der Waals surface area contributed by atoms with Crippen molar-refractivity contribution in [3.8, 4) is 5.75 Å². The first-order valence-electron chi connectivity index (χ1n) is 10.3. The monoisotopic (exact) mass is 447 g/mol. The standard InChI is InChI=1S/C22H23F2N3O5/c1-11(2)5-14-10-32-17-9-26-8-15(19(28)20(29)18(26)22(31)27(14)17)21(30)25-7-12-3-4-13(23)6-16(12)24/h3-4,6,8,11,14,17,29H,5,7,9-10H2,1-2H3,(H,25,30)/t14-,17+/m1/s1. The molecule has 0 radical (unpaired) electrons. The lowest BCUT2D eigenvalue weighted by atomic mass is 10.0. The van der Waals surface area contributed by atoms with Gasteiger partial charge >= 0.3 is 0 Å². The third-order valence-electron chi connectivity index (χ3n) is 5.67. The van der Waals surface area contributed by atoms with Crippen LogP contribution in [0.4, 0.5) is 8.78 Å². The van der Waals surface area contributed by atoms with E-state index in [-0.39, 0.29) is 30.4 Å². The number of aromatic hydroxyl groups is 1. The molecule has 1 fully saturated rings. The molecule has 2 amide bonds. The first-order chi connectivity index (χ1) is 15.2. The van der Waals surface area contributed by atoms with Crippen LogP contribution in [0.25, 0.3) is 0 Å². The maximum atomic E-state index is 13.8. The van der Waals surface area contributed by atoms with E-state index in [1.807, 2.05) is 13.8 Å². The SMILES string of the molecule is CC(C)C[C@@H]1CO[C@H]2Cn3cc(C(=O)NCc4ccc(F)cc4F)c(=O)c(O)c3C(=O)N12. The van der Waals surface area contributed by atoms with Crippen molar-refractivity contribution in [3.63, 3.8) is 0 Å². The van der Waals surface area contributed by atoms with Gasteiger partial charge in [-0.3, -0.25) is 14.4 Å². The number of hydrogen-bond acceptors (Lipinski definition) is 5. The number of fused-ring (bicyclic) bond motifs is 2. The Morgan fingerprint density at radius 2 is 2.06 bits per heavy atom. The molecule has 2 aromatic rings. The van der Waals surface area contributed by atoms with Crippen molar-refractivity contribution in [2.24, 2.45) is 5.92 Å². The van der Waals surface area contributed by atoms with Crippen molar-refractivity contribution >= 4 is 11.8 Å². The minimum Gasteiger partial charge on any atom is -0.503 e. The van der Waals surface area contributed by atoms with Crippen LogP contribution in [-0.2, 0) is 17.8 Å². The van der Waals surface area contributed by atoms with Crippen molar-refractivity contribution < 1.29 is 28.2 Å². The normalized spacial score (nSPS) is 19.8. The highest BCUT2D eigenvalue weighted by Crippen LogP contribution is 2.31. The van der Waals surface area contributed by atoms with Gasteiger partial charge in [0.2, 0.25) is 5.43 Å². The zero-order valence-corrected chi connectivity index (χ0v) is 17.6. The van der Waals surface area contributed by atoms with E-state index in [0.717, 1.165) is 6.07 Å². The average molecular weight is 447 g/mol. The summed E-state index contributed by atoms with van der Waals surface area (Å²) >= 11 is 0. The minimum absolute atomic E-state index is 0.0309. The Hall–Kier alpha value is -3.27. The number of ether oxygens (including phenoxy) is 1. The van der Waals surface area contributed by atoms with Gasteiger partial charge < -0.3 is 24.6 Å². The van der Waals surface area contributed by atoms with Gasteiger partial charge in [-0.05, 0) is 18.4 Å². The Morgan fingerprint density at radius 3 is 2.75 bits per heavy atom. The highest BCUT2D eigenvalue weighted by molar-refractivity contribution is 5.99. The fraction of sp³-hybridized carbons (Fsp3) is 0.409. The molecule has 0 saturated carbocycles. The third-order valence-corrected chi connectivity index (χ3v) is 5.67. The molecule has 0 bridgehead atoms. The molecule has 0 spiro atoms. The highest BCUT2D eigenvalue weighted by Gasteiger charge is 2.44. The second-order valence-corrected chi connectivity index (χ2v) is 8.42. The molecule has 3 heterocycles. The number of carbonyl (C=O) groups excluding carboxylic acids is 2. The third kappa shape index (κ3) is 3.86. The minimum atomic E-state index is -0.999. The molecule has 10 heteroatoms. The molecule has 2 atom stereocenters. The van der Waals surface area contributed by atoms with Crippen molar-refractivity contribution in [2.75, 3.05) is 6.61 Å². The van der Waals surface area contributed by atoms with Crippen LogP contribution in [0.15, 0.2) is 29.2 Å². The zero-order chi connectivity index (χ0) is 23.2. The largest absolute Gasteiger partial charge is 0.503 e. The van der Waals surface area contributed by atoms with Gasteiger partial charge in [0, 0.05) is 24.4 Å². The van der Waals surface area contributed by atoms with Crippen LogP contribution in [0.1, 0.15) is 46.7 Å². The first-order valence-corrected chi connectivity index (χ1v) is 10.3. The summed E-state index contributed by atoms with van der Waals surface area (Å²) in [6.45, 7) is 4.27. The van der Waals surface area contributed by atoms with Gasteiger partial charge in [0.1, 0.15) is 17.2 Å². The van der Waals surface area contributed by atoms with Gasteiger partial charge in [0.25, 0.3) is 11.8 Å². The molecule has 0 unspecified atom stereocenters. The number of benzene rings is 1. The van der Waals surface area contributed by atoms with E-state index in [0.29, 0.717) is 25.0 Å². The van der Waals surface area contributed by atoms with Crippen LogP contribution in [0, 0.1) is 17.6 Å². The second kappa shape index (κ2) is 8.34. The number of hydrogen-bond donors (Lipinski definition) is 2. The van der Waals surface area contributed by atoms with Gasteiger partial charge in [0.05, 0.1) is 19.2 Å². The van der Waals surface area contributed by atoms with Gasteiger partial charge in [-0.2, -0.15) is 0 Å². The summed E-state index contributed by atoms with van der Waals surface area (Å²) in [6.07, 6.45) is 1.35. The smallest absolute Gasteiger partial charge is 0.276 e. The summed E-state index contributed by atoms with van der Waals surface area (Å²) < 4.78 is 33.9. The van der Waals surface area contributed by atoms with Gasteiger partial charge in [0.15, 0.2) is 17.7 Å². The summed E-state index contributed by atoms with van der Waals surface area (Å²) in [7, 11) is 0. The fourth-order valence-corrected chi connectivity index (χ4v) is 4.19. The molecular formula is C22H23F2N3O5. The maximum Gasteiger partial charge on any atom is 0.276 e. The van der Waals surface area contributed by atoms with E-state index < -0.39 is 46.4 Å². The lowest BCUT2D eigenvalue weighted by Crippen LogP contribution is -2.50. The first kappa shape index (κ1) is 21.9. The maximum absolute atomic E-state index is 13.8. The van der Waals surface area contributed by atoms with E-state index in [2.05, 4.69) is 5.32 Å². The molecule has 170 valence electrons. The number of pyridine rings is 1. The van der Waals surface area contributed by atoms with Crippen LogP contribution in [0.2, 0.25) is 0 Å². The molecule has 8 nitrogen and oxygen atoms in total. The molecule has 1 aromatic heterocycles. The van der Waals surface area contributed by atoms with Crippen molar-refractivity contribution in [1.29, 1.82) is 0 Å². The number of amides is 2. The molecule has 2 N–H and O–H groups in total. The van der Waals surface area contributed by atoms with Crippen LogP contribution >= 0.6 is 0 Å². The number of nitrogens with zero attached hydrogens (tertiary/aromatic N) is 2. The highest BCUT2D eigenvalue weighted by atomic mass is 19.1. The average Bonchev–Trinajstić information content (AvgIpc) is 3.11. The Balaban J connectivity index is 1.60. The van der Waals surface area contributed by atoms with E-state index >= 15 is 0 Å². The number of aromatic nitrogens is 1. The summed E-state index contributed by atoms with van der Waals surface area (Å²) in [5.74, 6) is -3.47. The van der Waals surface area contributed by atoms with Crippen molar-refractivity contribution in [2.45, 2.75) is 45.6 Å². The summed E-state index contributed by atoms with van der Waals surface area (Å²) in [5, 5.41) is 12.9. The zero-order valence-electron chi connectivity index (χ0n) is 17.6. The molecule has 0 aliphatic carbocycles. The van der Waals surface area contributed by atoms with Gasteiger partial charge in [-0.1, -0.05) is 19.9 Å². The number of rotatable bonds is 5. The number of halogens is 2. The van der Waals surface area contributed by atoms with Crippen molar-refractivity contribution in [1.82, 2.24) is 14.8 Å². The van der Waals surface area contributed by atoms with Crippen molar-refractivity contribution in [3.05, 3.63) is 63.1 Å². The number of carbonyl (C=O) groups is 2. The summed E-state index contributed by atoms with van der Waals surface area (Å²) in [5.41, 5.74) is -1.55. The Kier molecular flexibility index (Phi) is 5.72. The van der Waals surface area contributed by atoms with E-state index in [4.69, 9.17) is 4.74 Å². The van der Waals surface area contributed by atoms with E-state index in [1.165, 1.54) is 16.8 Å². The quantitative estimate of drug-likeness (QED) is 0.730. The fourth-order valence-electron chi connectivity index (χ4n) is 4.19. The Labute approximate surface area is 182 Å². The molecule has 1 saturated heterocycles. The summed E-state index contributed by atoms with van der Waals surface area (Å²) in [6, 6.07) is 2.76. The molecule has 32 heavy (non-hydrogen) atoms. The molecule has 1 aromatic carbocycles. The lowest BCUT2D eigenvalue weighted by Gasteiger charge is -2.35. The lowest BCUT2D eigenvalue weighted by molar-refractivity contribution is 0.00518. The van der Waals surface area contributed by atoms with Crippen LogP contribution in [0.3, 0.4) is 0 Å². The van der Waals surface area contributed by atoms with Crippen LogP contribution in [0.5, 0.6) is 5.75 Å². The Bertz CT molecular complexity index is 1150. The summed E-state index contributed by atoms with van der Waals surface area (Å²) in [4.78, 5) is 39.9. The van der Waals surface area contributed by atoms with Crippen LogP contribution in [-0.4, -0.2) is 45.3 Å². The second-order valence-electron chi connectivity index (χ2n) is 8.42. The Morgan fingerprint density at radius 1 is 1.31 bits per heavy atom. The van der Waals surface area contributed by atoms with Crippen LogP contribution < -0.4 is 10.7 Å². The molecule has 4 rings (SSSR count).